The number of nitrogens with zero attached hydrogens (tertiary/aromatic N) is 2. The lowest BCUT2D eigenvalue weighted by Gasteiger charge is -2.34. The first-order chi connectivity index (χ1) is 12.7. The fourth-order valence-electron chi connectivity index (χ4n) is 3.13. The molecule has 0 unspecified atom stereocenters. The van der Waals surface area contributed by atoms with Gasteiger partial charge in [0.1, 0.15) is 11.6 Å². The van der Waals surface area contributed by atoms with E-state index in [1.54, 1.807) is 18.4 Å². The largest absolute Gasteiger partial charge is 0.497 e. The molecule has 0 bridgehead atoms. The Bertz CT molecular complexity index is 862. The zero-order valence-corrected chi connectivity index (χ0v) is 16.0. The van der Waals surface area contributed by atoms with Gasteiger partial charge >= 0.3 is 0 Å². The smallest absolute Gasteiger partial charge is 0.126 e. The van der Waals surface area contributed by atoms with Crippen molar-refractivity contribution in [1.82, 2.24) is 14.9 Å². The van der Waals surface area contributed by atoms with E-state index >= 15 is 0 Å². The van der Waals surface area contributed by atoms with Crippen LogP contribution in [0.5, 0.6) is 5.75 Å². The van der Waals surface area contributed by atoms with Crippen molar-refractivity contribution in [3.8, 4) is 16.3 Å². The summed E-state index contributed by atoms with van der Waals surface area (Å²) < 4.78 is 11.7. The molecule has 4 rings (SSSR count). The van der Waals surface area contributed by atoms with Gasteiger partial charge in [-0.1, -0.05) is 23.7 Å². The normalized spacial score (nSPS) is 18.2. The predicted molar refractivity (Wildman–Crippen MR) is 104 cm³/mol. The fraction of sp³-hybridized carbons (Fsp3) is 0.316. The fourth-order valence-corrected chi connectivity index (χ4v) is 4.14. The van der Waals surface area contributed by atoms with Crippen LogP contribution in [0.3, 0.4) is 0 Å². The molecule has 26 heavy (non-hydrogen) atoms. The van der Waals surface area contributed by atoms with Crippen molar-refractivity contribution in [3.63, 3.8) is 0 Å². The van der Waals surface area contributed by atoms with Gasteiger partial charge in [-0.3, -0.25) is 4.90 Å². The number of hydrogen-bond donors (Lipinski definition) is 1. The number of thiophene rings is 1. The van der Waals surface area contributed by atoms with Gasteiger partial charge in [0.2, 0.25) is 0 Å². The minimum absolute atomic E-state index is 0.107. The number of morpholine rings is 1. The molecular weight excluding hydrogens is 370 g/mol. The van der Waals surface area contributed by atoms with E-state index in [0.717, 1.165) is 46.2 Å². The van der Waals surface area contributed by atoms with Gasteiger partial charge in [-0.15, -0.1) is 11.3 Å². The number of hydrogen-bond acceptors (Lipinski definition) is 5. The number of aromatic nitrogens is 2. The van der Waals surface area contributed by atoms with Crippen molar-refractivity contribution in [2.75, 3.05) is 26.9 Å². The van der Waals surface area contributed by atoms with Crippen LogP contribution >= 0.6 is 22.9 Å². The number of halogens is 1. The van der Waals surface area contributed by atoms with Crippen LogP contribution in [-0.4, -0.2) is 41.7 Å². The minimum atomic E-state index is 0.107. The molecule has 0 spiro atoms. The molecule has 1 N–H and O–H groups in total. The van der Waals surface area contributed by atoms with E-state index < -0.39 is 0 Å². The van der Waals surface area contributed by atoms with Gasteiger partial charge < -0.3 is 14.5 Å². The second-order valence-electron chi connectivity index (χ2n) is 6.20. The number of imidazole rings is 1. The van der Waals surface area contributed by atoms with Crippen molar-refractivity contribution in [2.45, 2.75) is 12.6 Å². The van der Waals surface area contributed by atoms with E-state index in [-0.39, 0.29) is 6.04 Å². The van der Waals surface area contributed by atoms with Gasteiger partial charge in [-0.05, 0) is 29.8 Å². The summed E-state index contributed by atoms with van der Waals surface area (Å²) in [5.41, 5.74) is 2.24. The van der Waals surface area contributed by atoms with Crippen LogP contribution in [0.25, 0.3) is 10.6 Å². The maximum absolute atomic E-state index is 6.05. The monoisotopic (exact) mass is 389 g/mol. The Kier molecular flexibility index (Phi) is 5.26. The van der Waals surface area contributed by atoms with Crippen LogP contribution in [0.2, 0.25) is 4.34 Å². The van der Waals surface area contributed by atoms with Crippen LogP contribution in [0.15, 0.2) is 42.6 Å². The van der Waals surface area contributed by atoms with E-state index in [4.69, 9.17) is 21.1 Å². The van der Waals surface area contributed by atoms with Crippen LogP contribution in [0.1, 0.15) is 17.4 Å². The second-order valence-corrected chi connectivity index (χ2v) is 7.91. The van der Waals surface area contributed by atoms with Crippen LogP contribution in [0, 0.1) is 0 Å². The van der Waals surface area contributed by atoms with Crippen molar-refractivity contribution in [3.05, 3.63) is 58.3 Å². The summed E-state index contributed by atoms with van der Waals surface area (Å²) in [6, 6.07) is 12.2. The quantitative estimate of drug-likeness (QED) is 0.703. The highest BCUT2D eigenvalue weighted by atomic mass is 35.5. The summed E-state index contributed by atoms with van der Waals surface area (Å²) in [5.74, 6) is 1.80. The van der Waals surface area contributed by atoms with Crippen molar-refractivity contribution < 1.29 is 9.47 Å². The summed E-state index contributed by atoms with van der Waals surface area (Å²) >= 11 is 7.59. The van der Waals surface area contributed by atoms with E-state index in [1.165, 1.54) is 5.56 Å². The highest BCUT2D eigenvalue weighted by Crippen LogP contribution is 2.32. The molecule has 3 heterocycles. The molecule has 7 heteroatoms. The van der Waals surface area contributed by atoms with Crippen LogP contribution in [-0.2, 0) is 11.3 Å². The lowest BCUT2D eigenvalue weighted by molar-refractivity contribution is -0.0156. The van der Waals surface area contributed by atoms with Crippen LogP contribution < -0.4 is 4.74 Å². The Morgan fingerprint density at radius 2 is 2.15 bits per heavy atom. The molecule has 1 saturated heterocycles. The van der Waals surface area contributed by atoms with E-state index in [0.29, 0.717) is 6.61 Å². The second kappa shape index (κ2) is 7.80. The Hall–Kier alpha value is -1.86. The van der Waals surface area contributed by atoms with Gasteiger partial charge in [-0.2, -0.15) is 0 Å². The van der Waals surface area contributed by atoms with Crippen LogP contribution in [0.4, 0.5) is 0 Å². The number of aromatic amines is 1. The molecule has 1 aliphatic rings. The van der Waals surface area contributed by atoms with E-state index in [9.17, 15) is 0 Å². The number of nitrogens with one attached hydrogen (secondary N) is 1. The maximum Gasteiger partial charge on any atom is 0.126 e. The predicted octanol–water partition coefficient (Wildman–Crippen LogP) is 4.37. The average Bonchev–Trinajstić information content (AvgIpc) is 3.32. The topological polar surface area (TPSA) is 50.4 Å². The summed E-state index contributed by atoms with van der Waals surface area (Å²) in [6.45, 7) is 3.09. The van der Waals surface area contributed by atoms with Crippen molar-refractivity contribution >= 4 is 22.9 Å². The molecule has 0 radical (unpaired) electrons. The molecule has 1 aromatic carbocycles. The molecule has 0 aliphatic carbocycles. The third-order valence-corrected chi connectivity index (χ3v) is 5.80. The number of methoxy groups -OCH3 is 1. The molecule has 1 atom stereocenters. The molecule has 3 aromatic rings. The summed E-state index contributed by atoms with van der Waals surface area (Å²) in [5, 5.41) is 0. The maximum atomic E-state index is 6.05. The van der Waals surface area contributed by atoms with Gasteiger partial charge in [0.25, 0.3) is 0 Å². The Balaban J connectivity index is 1.52. The lowest BCUT2D eigenvalue weighted by Crippen LogP contribution is -2.39. The molecule has 0 saturated carbocycles. The number of ether oxygens (including phenoxy) is 2. The van der Waals surface area contributed by atoms with Gasteiger partial charge in [0.15, 0.2) is 0 Å². The van der Waals surface area contributed by atoms with Gasteiger partial charge in [0, 0.05) is 13.1 Å². The number of H-pyrrole nitrogens is 1. The highest BCUT2D eigenvalue weighted by molar-refractivity contribution is 7.19. The van der Waals surface area contributed by atoms with E-state index in [1.807, 2.05) is 30.5 Å². The van der Waals surface area contributed by atoms with E-state index in [2.05, 4.69) is 27.0 Å². The SMILES string of the molecule is COc1ccc(CN2CCOC[C@H]2c2ncc(-c3ccc(Cl)s3)[nH]2)cc1. The van der Waals surface area contributed by atoms with Gasteiger partial charge in [-0.25, -0.2) is 4.98 Å². The molecule has 1 fully saturated rings. The summed E-state index contributed by atoms with van der Waals surface area (Å²) in [6.07, 6.45) is 1.87. The Labute approximate surface area is 161 Å². The minimum Gasteiger partial charge on any atom is -0.497 e. The Morgan fingerprint density at radius 1 is 1.31 bits per heavy atom. The molecular formula is C19H20ClN3O2S. The third-order valence-electron chi connectivity index (χ3n) is 4.53. The van der Waals surface area contributed by atoms with Gasteiger partial charge in [0.05, 0.1) is 47.5 Å². The first kappa shape index (κ1) is 17.5. The zero-order chi connectivity index (χ0) is 17.9. The molecule has 5 nitrogen and oxygen atoms in total. The van der Waals surface area contributed by atoms with Crippen molar-refractivity contribution in [1.29, 1.82) is 0 Å². The average molecular weight is 390 g/mol. The standard InChI is InChI=1S/C19H20ClN3O2S/c1-24-14-4-2-13(3-5-14)11-23-8-9-25-12-16(23)19-21-10-15(22-19)17-6-7-18(20)26-17/h2-7,10,16H,8-9,11-12H2,1H3,(H,21,22)/t16-/m0/s1. The first-order valence-electron chi connectivity index (χ1n) is 8.48. The Morgan fingerprint density at radius 3 is 2.88 bits per heavy atom. The number of benzene rings is 1. The molecule has 1 aliphatic heterocycles. The summed E-state index contributed by atoms with van der Waals surface area (Å²) in [7, 11) is 1.68. The zero-order valence-electron chi connectivity index (χ0n) is 14.4. The lowest BCUT2D eigenvalue weighted by atomic mass is 10.1. The first-order valence-corrected chi connectivity index (χ1v) is 9.68. The highest BCUT2D eigenvalue weighted by Gasteiger charge is 2.27. The molecule has 0 amide bonds. The summed E-state index contributed by atoms with van der Waals surface area (Å²) in [4.78, 5) is 11.5. The molecule has 2 aromatic heterocycles. The molecule has 136 valence electrons. The number of rotatable bonds is 5. The third kappa shape index (κ3) is 3.78. The van der Waals surface area contributed by atoms with Crippen molar-refractivity contribution in [2.24, 2.45) is 0 Å².